The first kappa shape index (κ1) is 18.2. The highest BCUT2D eigenvalue weighted by Gasteiger charge is 2.21. The first-order chi connectivity index (χ1) is 11.3. The Morgan fingerprint density at radius 1 is 1.33 bits per heavy atom. The van der Waals surface area contributed by atoms with Gasteiger partial charge in [0.25, 0.3) is 0 Å². The highest BCUT2D eigenvalue weighted by atomic mass is 35.5. The number of hydrogen-bond acceptors (Lipinski definition) is 4. The first-order valence-electron chi connectivity index (χ1n) is 6.87. The molecule has 0 bridgehead atoms. The van der Waals surface area contributed by atoms with E-state index in [1.54, 1.807) is 24.4 Å². The molecule has 1 aromatic heterocycles. The number of aromatic nitrogens is 1. The van der Waals surface area contributed by atoms with Gasteiger partial charge in [0.2, 0.25) is 15.9 Å². The average Bonchev–Trinajstić information content (AvgIpc) is 2.53. The number of amides is 1. The van der Waals surface area contributed by atoms with Crippen LogP contribution in [0.15, 0.2) is 42.6 Å². The first-order valence-corrected chi connectivity index (χ1v) is 9.09. The summed E-state index contributed by atoms with van der Waals surface area (Å²) in [7, 11) is -3.75. The highest BCUT2D eigenvalue weighted by molar-refractivity contribution is 7.92. The monoisotopic (exact) mass is 371 g/mol. The van der Waals surface area contributed by atoms with Gasteiger partial charge in [0.1, 0.15) is 12.4 Å². The van der Waals surface area contributed by atoms with Gasteiger partial charge in [-0.25, -0.2) is 12.8 Å². The zero-order valence-electron chi connectivity index (χ0n) is 12.7. The number of carbonyl (C=O) groups is 1. The van der Waals surface area contributed by atoms with E-state index in [1.165, 1.54) is 6.07 Å². The molecule has 2 rings (SSSR count). The summed E-state index contributed by atoms with van der Waals surface area (Å²) in [4.78, 5) is 16.1. The largest absolute Gasteiger partial charge is 0.349 e. The van der Waals surface area contributed by atoms with Crippen LogP contribution in [0, 0.1) is 5.82 Å². The van der Waals surface area contributed by atoms with Gasteiger partial charge in [0.05, 0.1) is 29.2 Å². The predicted molar refractivity (Wildman–Crippen MR) is 89.7 cm³/mol. The van der Waals surface area contributed by atoms with Crippen molar-refractivity contribution in [2.75, 3.05) is 17.1 Å². The van der Waals surface area contributed by atoms with E-state index >= 15 is 0 Å². The zero-order chi connectivity index (χ0) is 17.7. The minimum absolute atomic E-state index is 0.108. The highest BCUT2D eigenvalue weighted by Crippen LogP contribution is 2.24. The molecule has 1 N–H and O–H groups in total. The third kappa shape index (κ3) is 4.90. The number of benzene rings is 1. The fourth-order valence-electron chi connectivity index (χ4n) is 1.92. The van der Waals surface area contributed by atoms with Gasteiger partial charge < -0.3 is 5.32 Å². The maximum Gasteiger partial charge on any atom is 0.241 e. The van der Waals surface area contributed by atoms with Crippen LogP contribution in [0.5, 0.6) is 0 Å². The van der Waals surface area contributed by atoms with Gasteiger partial charge in [-0.05, 0) is 30.3 Å². The van der Waals surface area contributed by atoms with E-state index in [4.69, 9.17) is 11.6 Å². The van der Waals surface area contributed by atoms with Crippen molar-refractivity contribution in [2.24, 2.45) is 0 Å². The van der Waals surface area contributed by atoms with Crippen LogP contribution in [0.4, 0.5) is 10.1 Å². The van der Waals surface area contributed by atoms with Crippen molar-refractivity contribution < 1.29 is 17.6 Å². The molecule has 1 heterocycles. The van der Waals surface area contributed by atoms with E-state index in [0.29, 0.717) is 5.69 Å². The number of pyridine rings is 1. The van der Waals surface area contributed by atoms with E-state index in [1.807, 2.05) is 0 Å². The Bertz CT molecular complexity index is 831. The van der Waals surface area contributed by atoms with E-state index in [2.05, 4.69) is 10.3 Å². The van der Waals surface area contributed by atoms with Crippen molar-refractivity contribution in [3.05, 3.63) is 59.1 Å². The van der Waals surface area contributed by atoms with Crippen LogP contribution in [0.2, 0.25) is 5.02 Å². The van der Waals surface area contributed by atoms with Crippen molar-refractivity contribution in [2.45, 2.75) is 6.54 Å². The lowest BCUT2D eigenvalue weighted by Crippen LogP contribution is -2.40. The van der Waals surface area contributed by atoms with E-state index < -0.39 is 28.3 Å². The third-order valence-corrected chi connectivity index (χ3v) is 4.50. The number of halogens is 2. The lowest BCUT2D eigenvalue weighted by molar-refractivity contribution is -0.119. The number of sulfonamides is 1. The molecule has 128 valence electrons. The van der Waals surface area contributed by atoms with Crippen LogP contribution in [0.25, 0.3) is 0 Å². The number of anilines is 1. The molecule has 0 fully saturated rings. The molecule has 24 heavy (non-hydrogen) atoms. The zero-order valence-corrected chi connectivity index (χ0v) is 14.3. The third-order valence-electron chi connectivity index (χ3n) is 3.07. The SMILES string of the molecule is CS(=O)(=O)N(CC(=O)NCc1ccccn1)c1ccc(F)c(Cl)c1. The molecule has 0 radical (unpaired) electrons. The summed E-state index contributed by atoms with van der Waals surface area (Å²) in [5, 5.41) is 2.36. The van der Waals surface area contributed by atoms with Crippen molar-refractivity contribution >= 4 is 33.2 Å². The average molecular weight is 372 g/mol. The molecule has 0 aliphatic rings. The van der Waals surface area contributed by atoms with Gasteiger partial charge in [-0.2, -0.15) is 0 Å². The second-order valence-corrected chi connectivity index (χ2v) is 7.28. The summed E-state index contributed by atoms with van der Waals surface area (Å²) in [6.07, 6.45) is 2.54. The number of hydrogen-bond donors (Lipinski definition) is 1. The second-order valence-electron chi connectivity index (χ2n) is 4.97. The summed E-state index contributed by atoms with van der Waals surface area (Å²) in [6.45, 7) is -0.283. The smallest absolute Gasteiger partial charge is 0.241 e. The van der Waals surface area contributed by atoms with Crippen LogP contribution < -0.4 is 9.62 Å². The molecule has 9 heteroatoms. The quantitative estimate of drug-likeness (QED) is 0.841. The van der Waals surface area contributed by atoms with Gasteiger partial charge in [-0.15, -0.1) is 0 Å². The Morgan fingerprint density at radius 3 is 2.67 bits per heavy atom. The summed E-state index contributed by atoms with van der Waals surface area (Å²) in [6, 6.07) is 8.70. The topological polar surface area (TPSA) is 79.4 Å². The minimum atomic E-state index is -3.75. The molecule has 0 saturated heterocycles. The molecule has 0 atom stereocenters. The van der Waals surface area contributed by atoms with Crippen molar-refractivity contribution in [3.8, 4) is 0 Å². The van der Waals surface area contributed by atoms with Gasteiger partial charge in [-0.3, -0.25) is 14.1 Å². The molecule has 2 aromatic rings. The lowest BCUT2D eigenvalue weighted by Gasteiger charge is -2.22. The Hall–Kier alpha value is -2.19. The van der Waals surface area contributed by atoms with E-state index in [0.717, 1.165) is 22.7 Å². The summed E-state index contributed by atoms with van der Waals surface area (Å²) < 4.78 is 38.0. The summed E-state index contributed by atoms with van der Waals surface area (Å²) in [5.74, 6) is -1.19. The fourth-order valence-corrected chi connectivity index (χ4v) is 2.94. The maximum atomic E-state index is 13.2. The second kappa shape index (κ2) is 7.59. The molecule has 0 aliphatic carbocycles. The maximum absolute atomic E-state index is 13.2. The Kier molecular flexibility index (Phi) is 5.74. The number of carbonyl (C=O) groups excluding carboxylic acids is 1. The Labute approximate surface area is 144 Å². The number of nitrogens with zero attached hydrogens (tertiary/aromatic N) is 2. The summed E-state index contributed by atoms with van der Waals surface area (Å²) >= 11 is 5.68. The molecular formula is C15H15ClFN3O3S. The molecule has 0 unspecified atom stereocenters. The van der Waals surface area contributed by atoms with Gasteiger partial charge >= 0.3 is 0 Å². The lowest BCUT2D eigenvalue weighted by atomic mass is 10.3. The summed E-state index contributed by atoms with van der Waals surface area (Å²) in [5.41, 5.74) is 0.749. The van der Waals surface area contributed by atoms with Crippen LogP contribution in [0.1, 0.15) is 5.69 Å². The van der Waals surface area contributed by atoms with Gasteiger partial charge in [0.15, 0.2) is 0 Å². The van der Waals surface area contributed by atoms with Crippen LogP contribution in [-0.2, 0) is 21.4 Å². The predicted octanol–water partition coefficient (Wildman–Crippen LogP) is 1.96. The molecule has 6 nitrogen and oxygen atoms in total. The fraction of sp³-hybridized carbons (Fsp3) is 0.200. The molecule has 0 aliphatic heterocycles. The van der Waals surface area contributed by atoms with Crippen LogP contribution in [-0.4, -0.2) is 32.1 Å². The van der Waals surface area contributed by atoms with Crippen molar-refractivity contribution in [1.29, 1.82) is 0 Å². The Balaban J connectivity index is 2.11. The van der Waals surface area contributed by atoms with Crippen LogP contribution in [0.3, 0.4) is 0 Å². The van der Waals surface area contributed by atoms with Gasteiger partial charge in [0, 0.05) is 6.20 Å². The number of rotatable bonds is 6. The number of nitrogens with one attached hydrogen (secondary N) is 1. The standard InChI is InChI=1S/C15H15ClFN3O3S/c1-24(22,23)20(12-5-6-14(17)13(16)8-12)10-15(21)19-9-11-4-2-3-7-18-11/h2-8H,9-10H2,1H3,(H,19,21). The van der Waals surface area contributed by atoms with Crippen molar-refractivity contribution in [3.63, 3.8) is 0 Å². The van der Waals surface area contributed by atoms with E-state index in [9.17, 15) is 17.6 Å². The Morgan fingerprint density at radius 2 is 2.08 bits per heavy atom. The van der Waals surface area contributed by atoms with Crippen molar-refractivity contribution in [1.82, 2.24) is 10.3 Å². The molecule has 1 aromatic carbocycles. The van der Waals surface area contributed by atoms with E-state index in [-0.39, 0.29) is 17.3 Å². The molecule has 1 amide bonds. The van der Waals surface area contributed by atoms with Gasteiger partial charge in [-0.1, -0.05) is 17.7 Å². The molecule has 0 saturated carbocycles. The minimum Gasteiger partial charge on any atom is -0.349 e. The normalized spacial score (nSPS) is 11.1. The van der Waals surface area contributed by atoms with Crippen LogP contribution >= 0.6 is 11.6 Å². The molecule has 0 spiro atoms. The molecular weight excluding hydrogens is 357 g/mol.